The smallest absolute Gasteiger partial charge is 0.409 e. The number of amides is 1. The molecule has 4 rings (SSSR count). The standard InChI is InChI=1S/C22H32N2O2.ClH/c1-2-26-22(25)24-15-19-9-10-20(21(19)16-24)18-7-5-17(6-8-18)11-14-23-12-3-4-13-23;/h5-8,19-21H,2-4,9-16H2,1H3;1H. The Balaban J connectivity index is 0.00000210. The minimum Gasteiger partial charge on any atom is -0.450 e. The van der Waals surface area contributed by atoms with E-state index in [2.05, 4.69) is 29.2 Å². The molecule has 27 heavy (non-hydrogen) atoms. The van der Waals surface area contributed by atoms with Gasteiger partial charge in [-0.2, -0.15) is 0 Å². The fourth-order valence-electron chi connectivity index (χ4n) is 5.27. The zero-order valence-corrected chi connectivity index (χ0v) is 17.3. The van der Waals surface area contributed by atoms with Crippen molar-refractivity contribution in [3.8, 4) is 0 Å². The van der Waals surface area contributed by atoms with E-state index in [-0.39, 0.29) is 18.5 Å². The summed E-state index contributed by atoms with van der Waals surface area (Å²) in [6, 6.07) is 9.35. The zero-order chi connectivity index (χ0) is 17.9. The van der Waals surface area contributed by atoms with Gasteiger partial charge in [-0.1, -0.05) is 24.3 Å². The molecule has 0 spiro atoms. The zero-order valence-electron chi connectivity index (χ0n) is 16.4. The molecule has 3 aliphatic rings. The van der Waals surface area contributed by atoms with E-state index in [1.807, 2.05) is 11.8 Å². The SMILES string of the molecule is CCOC(=O)N1CC2CCC(c3ccc(CCN4CCCC4)cc3)C2C1.Cl. The molecule has 2 saturated heterocycles. The minimum absolute atomic E-state index is 0. The van der Waals surface area contributed by atoms with Crippen molar-refractivity contribution in [2.45, 2.75) is 44.9 Å². The summed E-state index contributed by atoms with van der Waals surface area (Å²) in [5.74, 6) is 1.86. The Kier molecular flexibility index (Phi) is 7.04. The molecular weight excluding hydrogens is 360 g/mol. The number of rotatable bonds is 5. The van der Waals surface area contributed by atoms with Crippen LogP contribution in [0.2, 0.25) is 0 Å². The highest BCUT2D eigenvalue weighted by Gasteiger charge is 2.44. The van der Waals surface area contributed by atoms with E-state index >= 15 is 0 Å². The normalized spacial score (nSPS) is 27.4. The average Bonchev–Trinajstić information content (AvgIpc) is 3.37. The van der Waals surface area contributed by atoms with Gasteiger partial charge in [0, 0.05) is 19.6 Å². The van der Waals surface area contributed by atoms with Crippen LogP contribution in [0, 0.1) is 11.8 Å². The highest BCUT2D eigenvalue weighted by Crippen LogP contribution is 2.47. The van der Waals surface area contributed by atoms with Gasteiger partial charge >= 0.3 is 6.09 Å². The summed E-state index contributed by atoms with van der Waals surface area (Å²) < 4.78 is 5.20. The van der Waals surface area contributed by atoms with Gasteiger partial charge in [0.25, 0.3) is 0 Å². The van der Waals surface area contributed by atoms with Gasteiger partial charge in [0.2, 0.25) is 0 Å². The molecule has 3 unspecified atom stereocenters. The number of hydrogen-bond acceptors (Lipinski definition) is 3. The van der Waals surface area contributed by atoms with Crippen LogP contribution in [-0.4, -0.2) is 55.2 Å². The predicted molar refractivity (Wildman–Crippen MR) is 111 cm³/mol. The molecule has 1 saturated carbocycles. The first-order chi connectivity index (χ1) is 12.7. The molecule has 0 aromatic heterocycles. The van der Waals surface area contributed by atoms with Gasteiger partial charge in [-0.25, -0.2) is 4.79 Å². The Bertz CT molecular complexity index is 615. The molecule has 1 aromatic carbocycles. The number of nitrogens with zero attached hydrogens (tertiary/aromatic N) is 2. The Morgan fingerprint density at radius 1 is 1.11 bits per heavy atom. The van der Waals surface area contributed by atoms with Gasteiger partial charge < -0.3 is 14.5 Å². The van der Waals surface area contributed by atoms with Gasteiger partial charge in [0.1, 0.15) is 0 Å². The summed E-state index contributed by atoms with van der Waals surface area (Å²) in [4.78, 5) is 16.6. The number of fused-ring (bicyclic) bond motifs is 1. The molecule has 1 aromatic rings. The van der Waals surface area contributed by atoms with Gasteiger partial charge in [-0.3, -0.25) is 0 Å². The molecule has 2 aliphatic heterocycles. The summed E-state index contributed by atoms with van der Waals surface area (Å²) >= 11 is 0. The summed E-state index contributed by atoms with van der Waals surface area (Å²) in [5, 5.41) is 0. The van der Waals surface area contributed by atoms with Crippen molar-refractivity contribution in [1.82, 2.24) is 9.80 Å². The van der Waals surface area contributed by atoms with E-state index in [9.17, 15) is 4.79 Å². The fraction of sp³-hybridized carbons (Fsp3) is 0.682. The fourth-order valence-corrected chi connectivity index (χ4v) is 5.27. The Labute approximate surface area is 169 Å². The summed E-state index contributed by atoms with van der Waals surface area (Å²) in [5.41, 5.74) is 2.92. The molecule has 2 heterocycles. The van der Waals surface area contributed by atoms with Crippen molar-refractivity contribution in [3.63, 3.8) is 0 Å². The number of carbonyl (C=O) groups excluding carboxylic acids is 1. The third kappa shape index (κ3) is 4.60. The van der Waals surface area contributed by atoms with Crippen molar-refractivity contribution in [1.29, 1.82) is 0 Å². The second-order valence-electron chi connectivity index (χ2n) is 8.25. The van der Waals surface area contributed by atoms with Crippen LogP contribution in [0.5, 0.6) is 0 Å². The van der Waals surface area contributed by atoms with Crippen LogP contribution in [-0.2, 0) is 11.2 Å². The quantitative estimate of drug-likeness (QED) is 0.747. The van der Waals surface area contributed by atoms with Crippen LogP contribution in [0.25, 0.3) is 0 Å². The first kappa shape index (κ1) is 20.5. The first-order valence-corrected chi connectivity index (χ1v) is 10.5. The third-order valence-electron chi connectivity index (χ3n) is 6.71. The Morgan fingerprint density at radius 2 is 1.85 bits per heavy atom. The Morgan fingerprint density at radius 3 is 2.56 bits per heavy atom. The maximum absolute atomic E-state index is 12.0. The van der Waals surface area contributed by atoms with E-state index in [0.29, 0.717) is 24.4 Å². The van der Waals surface area contributed by atoms with Crippen molar-refractivity contribution in [3.05, 3.63) is 35.4 Å². The second kappa shape index (κ2) is 9.29. The number of benzene rings is 1. The summed E-state index contributed by atoms with van der Waals surface area (Å²) in [6.45, 7) is 7.84. The van der Waals surface area contributed by atoms with Gasteiger partial charge in [0.15, 0.2) is 0 Å². The van der Waals surface area contributed by atoms with Crippen molar-refractivity contribution in [2.24, 2.45) is 11.8 Å². The molecule has 1 amide bonds. The molecule has 5 heteroatoms. The number of halogens is 1. The highest BCUT2D eigenvalue weighted by molar-refractivity contribution is 5.85. The van der Waals surface area contributed by atoms with Crippen LogP contribution in [0.15, 0.2) is 24.3 Å². The lowest BCUT2D eigenvalue weighted by Gasteiger charge is -2.21. The van der Waals surface area contributed by atoms with Crippen LogP contribution < -0.4 is 0 Å². The monoisotopic (exact) mass is 392 g/mol. The van der Waals surface area contributed by atoms with E-state index in [1.165, 1.54) is 56.4 Å². The molecule has 1 aliphatic carbocycles. The molecule has 3 atom stereocenters. The lowest BCUT2D eigenvalue weighted by molar-refractivity contribution is 0.112. The maximum Gasteiger partial charge on any atom is 0.409 e. The van der Waals surface area contributed by atoms with E-state index in [4.69, 9.17) is 4.74 Å². The molecule has 150 valence electrons. The van der Waals surface area contributed by atoms with Crippen LogP contribution in [0.4, 0.5) is 4.79 Å². The number of carbonyl (C=O) groups is 1. The van der Waals surface area contributed by atoms with E-state index in [0.717, 1.165) is 19.5 Å². The highest BCUT2D eigenvalue weighted by atomic mass is 35.5. The number of ether oxygens (including phenoxy) is 1. The second-order valence-corrected chi connectivity index (χ2v) is 8.25. The van der Waals surface area contributed by atoms with E-state index in [1.54, 1.807) is 0 Å². The minimum atomic E-state index is -0.127. The first-order valence-electron chi connectivity index (χ1n) is 10.5. The van der Waals surface area contributed by atoms with Crippen molar-refractivity contribution >= 4 is 18.5 Å². The maximum atomic E-state index is 12.0. The summed E-state index contributed by atoms with van der Waals surface area (Å²) in [6.07, 6.45) is 6.27. The molecule has 0 N–H and O–H groups in total. The van der Waals surface area contributed by atoms with Crippen LogP contribution in [0.1, 0.15) is 49.7 Å². The Hall–Kier alpha value is -1.26. The molecular formula is C22H33ClN2O2. The largest absolute Gasteiger partial charge is 0.450 e. The van der Waals surface area contributed by atoms with Gasteiger partial charge in [-0.15, -0.1) is 12.4 Å². The molecule has 4 nitrogen and oxygen atoms in total. The van der Waals surface area contributed by atoms with Crippen LogP contribution in [0.3, 0.4) is 0 Å². The lowest BCUT2D eigenvalue weighted by Crippen LogP contribution is -2.30. The molecule has 0 radical (unpaired) electrons. The van der Waals surface area contributed by atoms with Crippen molar-refractivity contribution < 1.29 is 9.53 Å². The third-order valence-corrected chi connectivity index (χ3v) is 6.71. The van der Waals surface area contributed by atoms with Gasteiger partial charge in [-0.05, 0) is 81.0 Å². The topological polar surface area (TPSA) is 32.8 Å². The number of likely N-dealkylation sites (tertiary alicyclic amines) is 2. The summed E-state index contributed by atoms with van der Waals surface area (Å²) in [7, 11) is 0. The van der Waals surface area contributed by atoms with Gasteiger partial charge in [0.05, 0.1) is 6.61 Å². The average molecular weight is 393 g/mol. The van der Waals surface area contributed by atoms with Crippen molar-refractivity contribution in [2.75, 3.05) is 39.3 Å². The molecule has 3 fully saturated rings. The molecule has 0 bridgehead atoms. The lowest BCUT2D eigenvalue weighted by atomic mass is 9.86. The van der Waals surface area contributed by atoms with Crippen LogP contribution >= 0.6 is 12.4 Å². The predicted octanol–water partition coefficient (Wildman–Crippen LogP) is 4.33. The van der Waals surface area contributed by atoms with E-state index < -0.39 is 0 Å². The number of hydrogen-bond donors (Lipinski definition) is 0.